The number of ether oxygens (including phenoxy) is 1. The summed E-state index contributed by atoms with van der Waals surface area (Å²) in [4.78, 5) is 14.4. The fourth-order valence-corrected chi connectivity index (χ4v) is 3.33. The van der Waals surface area contributed by atoms with Gasteiger partial charge in [0.2, 0.25) is 0 Å². The predicted molar refractivity (Wildman–Crippen MR) is 111 cm³/mol. The normalized spacial score (nSPS) is 11.2. The summed E-state index contributed by atoms with van der Waals surface area (Å²) in [6.45, 7) is 2.08. The molecular weight excluding hydrogens is 348 g/mol. The molecule has 0 aliphatic carbocycles. The van der Waals surface area contributed by atoms with E-state index >= 15 is 0 Å². The first-order chi connectivity index (χ1) is 13.7. The van der Waals surface area contributed by atoms with E-state index in [1.165, 1.54) is 5.56 Å². The van der Waals surface area contributed by atoms with E-state index in [0.717, 1.165) is 39.5 Å². The number of hydrogen-bond acceptors (Lipinski definition) is 4. The van der Waals surface area contributed by atoms with Crippen LogP contribution < -0.4 is 4.74 Å². The van der Waals surface area contributed by atoms with Gasteiger partial charge >= 0.3 is 0 Å². The summed E-state index contributed by atoms with van der Waals surface area (Å²) in [5.41, 5.74) is 6.25. The first-order valence-corrected chi connectivity index (χ1v) is 9.09. The zero-order valence-corrected chi connectivity index (χ0v) is 15.6. The lowest BCUT2D eigenvalue weighted by Gasteiger charge is -2.10. The van der Waals surface area contributed by atoms with Gasteiger partial charge in [-0.2, -0.15) is 0 Å². The number of imidazole rings is 1. The van der Waals surface area contributed by atoms with Crippen LogP contribution in [0.3, 0.4) is 0 Å². The first-order valence-electron chi connectivity index (χ1n) is 9.09. The van der Waals surface area contributed by atoms with Crippen LogP contribution in [0.4, 0.5) is 0 Å². The minimum Gasteiger partial charge on any atom is -0.497 e. The summed E-state index contributed by atoms with van der Waals surface area (Å²) in [5, 5.41) is 0. The Kier molecular flexibility index (Phi) is 3.79. The van der Waals surface area contributed by atoms with Crippen LogP contribution in [0, 0.1) is 6.92 Å². The van der Waals surface area contributed by atoms with Crippen molar-refractivity contribution in [3.05, 3.63) is 78.4 Å². The number of nitrogens with zero attached hydrogens (tertiary/aromatic N) is 4. The second kappa shape index (κ2) is 6.46. The molecule has 0 radical (unpaired) electrons. The third-order valence-electron chi connectivity index (χ3n) is 4.81. The molecule has 0 saturated carbocycles. The van der Waals surface area contributed by atoms with Gasteiger partial charge in [0.05, 0.1) is 18.1 Å². The van der Waals surface area contributed by atoms with Crippen molar-refractivity contribution in [3.63, 3.8) is 0 Å². The second-order valence-electron chi connectivity index (χ2n) is 6.69. The lowest BCUT2D eigenvalue weighted by molar-refractivity contribution is 0.415. The van der Waals surface area contributed by atoms with Crippen LogP contribution in [0.15, 0.2) is 72.8 Å². The number of benzene rings is 3. The van der Waals surface area contributed by atoms with Gasteiger partial charge in [-0.05, 0) is 55.5 Å². The molecule has 2 aromatic heterocycles. The Morgan fingerprint density at radius 2 is 1.43 bits per heavy atom. The Morgan fingerprint density at radius 1 is 0.750 bits per heavy atom. The topological polar surface area (TPSA) is 52.8 Å². The smallest absolute Gasteiger partial charge is 0.199 e. The molecule has 5 heteroatoms. The van der Waals surface area contributed by atoms with Crippen LogP contribution in [-0.2, 0) is 0 Å². The lowest BCUT2D eigenvalue weighted by Crippen LogP contribution is -1.99. The summed E-state index contributed by atoms with van der Waals surface area (Å²) >= 11 is 0. The van der Waals surface area contributed by atoms with Crippen molar-refractivity contribution in [2.24, 2.45) is 0 Å². The van der Waals surface area contributed by atoms with Crippen LogP contribution in [-0.4, -0.2) is 26.6 Å². The van der Waals surface area contributed by atoms with E-state index in [2.05, 4.69) is 35.8 Å². The summed E-state index contributed by atoms with van der Waals surface area (Å²) < 4.78 is 7.36. The van der Waals surface area contributed by atoms with Gasteiger partial charge < -0.3 is 4.74 Å². The highest BCUT2D eigenvalue weighted by atomic mass is 16.5. The molecule has 28 heavy (non-hydrogen) atoms. The molecule has 5 aromatic rings. The third-order valence-corrected chi connectivity index (χ3v) is 4.81. The summed E-state index contributed by atoms with van der Waals surface area (Å²) in [6, 6.07) is 24.1. The number of aromatic nitrogens is 4. The highest BCUT2D eigenvalue weighted by Crippen LogP contribution is 2.29. The second-order valence-corrected chi connectivity index (χ2v) is 6.69. The van der Waals surface area contributed by atoms with Crippen molar-refractivity contribution >= 4 is 22.3 Å². The van der Waals surface area contributed by atoms with Crippen molar-refractivity contribution in [2.75, 3.05) is 7.11 Å². The van der Waals surface area contributed by atoms with Crippen molar-refractivity contribution in [1.82, 2.24) is 19.5 Å². The maximum Gasteiger partial charge on any atom is 0.199 e. The molecule has 0 spiro atoms. The first kappa shape index (κ1) is 16.4. The molecule has 0 aliphatic rings. The third kappa shape index (κ3) is 2.68. The van der Waals surface area contributed by atoms with E-state index < -0.39 is 0 Å². The predicted octanol–water partition coefficient (Wildman–Crippen LogP) is 4.95. The molecule has 0 N–H and O–H groups in total. The average molecular weight is 366 g/mol. The van der Waals surface area contributed by atoms with Gasteiger partial charge in [-0.1, -0.05) is 29.8 Å². The maximum absolute atomic E-state index is 5.29. The lowest BCUT2D eigenvalue weighted by atomic mass is 10.2. The Bertz CT molecular complexity index is 1290. The average Bonchev–Trinajstić information content (AvgIpc) is 3.11. The molecule has 0 unspecified atom stereocenters. The molecular formula is C23H18N4O. The van der Waals surface area contributed by atoms with Crippen molar-refractivity contribution in [2.45, 2.75) is 6.92 Å². The number of hydrogen-bond donors (Lipinski definition) is 0. The van der Waals surface area contributed by atoms with E-state index in [4.69, 9.17) is 19.7 Å². The van der Waals surface area contributed by atoms with Crippen LogP contribution in [0.1, 0.15) is 5.56 Å². The van der Waals surface area contributed by atoms with E-state index in [-0.39, 0.29) is 0 Å². The molecule has 0 bridgehead atoms. The quantitative estimate of drug-likeness (QED) is 0.453. The molecule has 0 aliphatic heterocycles. The van der Waals surface area contributed by atoms with Crippen molar-refractivity contribution < 1.29 is 4.74 Å². The molecule has 0 atom stereocenters. The zero-order valence-electron chi connectivity index (χ0n) is 15.6. The van der Waals surface area contributed by atoms with E-state index in [1.54, 1.807) is 7.11 Å². The Hall–Kier alpha value is -3.73. The van der Waals surface area contributed by atoms with Gasteiger partial charge in [-0.25, -0.2) is 15.0 Å². The van der Waals surface area contributed by atoms with Crippen LogP contribution in [0.2, 0.25) is 0 Å². The van der Waals surface area contributed by atoms with Crippen LogP contribution in [0.25, 0.3) is 39.4 Å². The zero-order chi connectivity index (χ0) is 19.1. The molecule has 0 fully saturated rings. The van der Waals surface area contributed by atoms with E-state index in [1.807, 2.05) is 48.5 Å². The largest absolute Gasteiger partial charge is 0.497 e. The van der Waals surface area contributed by atoms with Crippen LogP contribution >= 0.6 is 0 Å². The molecule has 2 heterocycles. The standard InChI is InChI=1S/C23H18N4O/c1-15-7-11-17(12-8-15)27-22(16-9-13-18(28-2)14-10-16)26-21-23(27)25-20-6-4-3-5-19(20)24-21/h3-14H,1-2H3. The van der Waals surface area contributed by atoms with Gasteiger partial charge in [0.25, 0.3) is 0 Å². The number of rotatable bonds is 3. The molecule has 3 aromatic carbocycles. The van der Waals surface area contributed by atoms with E-state index in [9.17, 15) is 0 Å². The van der Waals surface area contributed by atoms with Gasteiger partial charge in [0.1, 0.15) is 11.6 Å². The fraction of sp³-hybridized carbons (Fsp3) is 0.0870. The van der Waals surface area contributed by atoms with Crippen molar-refractivity contribution in [3.8, 4) is 22.8 Å². The molecule has 5 nitrogen and oxygen atoms in total. The van der Waals surface area contributed by atoms with Crippen molar-refractivity contribution in [1.29, 1.82) is 0 Å². The Labute approximate surface area is 162 Å². The molecule has 0 amide bonds. The Balaban J connectivity index is 1.82. The Morgan fingerprint density at radius 3 is 2.11 bits per heavy atom. The molecule has 5 rings (SSSR count). The van der Waals surface area contributed by atoms with Crippen LogP contribution in [0.5, 0.6) is 5.75 Å². The molecule has 0 saturated heterocycles. The van der Waals surface area contributed by atoms with Gasteiger partial charge in [-0.3, -0.25) is 4.57 Å². The van der Waals surface area contributed by atoms with Gasteiger partial charge in [0.15, 0.2) is 11.3 Å². The minimum atomic E-state index is 0.630. The maximum atomic E-state index is 5.29. The number of para-hydroxylation sites is 2. The van der Waals surface area contributed by atoms with Gasteiger partial charge in [-0.15, -0.1) is 0 Å². The monoisotopic (exact) mass is 366 g/mol. The number of methoxy groups -OCH3 is 1. The summed E-state index contributed by atoms with van der Waals surface area (Å²) in [7, 11) is 1.66. The number of fused-ring (bicyclic) bond motifs is 2. The van der Waals surface area contributed by atoms with Gasteiger partial charge in [0, 0.05) is 11.3 Å². The minimum absolute atomic E-state index is 0.630. The highest BCUT2D eigenvalue weighted by molar-refractivity contribution is 5.86. The summed E-state index contributed by atoms with van der Waals surface area (Å²) in [6.07, 6.45) is 0. The fourth-order valence-electron chi connectivity index (χ4n) is 3.33. The highest BCUT2D eigenvalue weighted by Gasteiger charge is 2.17. The van der Waals surface area contributed by atoms with E-state index in [0.29, 0.717) is 5.65 Å². The summed E-state index contributed by atoms with van der Waals surface area (Å²) in [5.74, 6) is 1.61. The number of aryl methyl sites for hydroxylation is 1. The molecule has 136 valence electrons. The SMILES string of the molecule is COc1ccc(-c2nc3nc4ccccc4nc3n2-c2ccc(C)cc2)cc1.